The molecule has 3 N–H and O–H groups in total. The Balaban J connectivity index is 3.20. The fourth-order valence-electron chi connectivity index (χ4n) is 0.946. The summed E-state index contributed by atoms with van der Waals surface area (Å²) in [5, 5.41) is 8.46. The number of benzene rings is 1. The number of hydrogen-bond donors (Lipinski definition) is 2. The molecule has 0 amide bonds. The molecule has 0 saturated heterocycles. The lowest BCUT2D eigenvalue weighted by Gasteiger charge is -2.11. The van der Waals surface area contributed by atoms with Crippen molar-refractivity contribution in [3.63, 3.8) is 0 Å². The van der Waals surface area contributed by atoms with Crippen LogP contribution in [0, 0.1) is 5.82 Å². The van der Waals surface area contributed by atoms with Gasteiger partial charge in [0, 0.05) is 12.1 Å². The molecule has 0 aliphatic heterocycles. The fraction of sp³-hybridized carbons (Fsp3) is 0.125. The maximum Gasteiger partial charge on any atom is 0.573 e. The van der Waals surface area contributed by atoms with Crippen molar-refractivity contribution < 1.29 is 32.2 Å². The van der Waals surface area contributed by atoms with Crippen molar-refractivity contribution in [2.24, 2.45) is 0 Å². The van der Waals surface area contributed by atoms with E-state index in [9.17, 15) is 22.4 Å². The topological polar surface area (TPSA) is 72.6 Å². The summed E-state index contributed by atoms with van der Waals surface area (Å²) in [5.41, 5.74) is 3.45. The number of carboxylic acid groups (broad SMARTS) is 1. The Labute approximate surface area is 86.2 Å². The Morgan fingerprint density at radius 2 is 1.94 bits per heavy atom. The van der Waals surface area contributed by atoms with Gasteiger partial charge >= 0.3 is 12.3 Å². The molecule has 1 aromatic carbocycles. The average molecular weight is 239 g/mol. The van der Waals surface area contributed by atoms with Gasteiger partial charge in [-0.1, -0.05) is 0 Å². The van der Waals surface area contributed by atoms with E-state index in [-0.39, 0.29) is 0 Å². The van der Waals surface area contributed by atoms with E-state index >= 15 is 0 Å². The summed E-state index contributed by atoms with van der Waals surface area (Å²) < 4.78 is 51.8. The molecule has 0 saturated carbocycles. The van der Waals surface area contributed by atoms with E-state index in [2.05, 4.69) is 4.74 Å². The van der Waals surface area contributed by atoms with Crippen LogP contribution in [0.5, 0.6) is 5.75 Å². The van der Waals surface area contributed by atoms with Crippen LogP contribution in [0.25, 0.3) is 0 Å². The summed E-state index contributed by atoms with van der Waals surface area (Å²) in [5.74, 6) is -3.91. The van der Waals surface area contributed by atoms with Gasteiger partial charge in [0.25, 0.3) is 0 Å². The van der Waals surface area contributed by atoms with Gasteiger partial charge in [0.15, 0.2) is 5.75 Å². The first-order valence-corrected chi connectivity index (χ1v) is 3.79. The molecule has 0 aliphatic carbocycles. The van der Waals surface area contributed by atoms with Gasteiger partial charge in [-0.3, -0.25) is 0 Å². The van der Waals surface area contributed by atoms with Gasteiger partial charge in [0.05, 0.1) is 11.3 Å². The van der Waals surface area contributed by atoms with E-state index in [0.29, 0.717) is 12.1 Å². The molecule has 4 nitrogen and oxygen atoms in total. The molecule has 16 heavy (non-hydrogen) atoms. The van der Waals surface area contributed by atoms with Crippen molar-refractivity contribution in [1.29, 1.82) is 0 Å². The Morgan fingerprint density at radius 1 is 1.38 bits per heavy atom. The van der Waals surface area contributed by atoms with E-state index in [0.717, 1.165) is 0 Å². The molecular formula is C8H5F4NO3. The zero-order chi connectivity index (χ0) is 12.5. The summed E-state index contributed by atoms with van der Waals surface area (Å²) in [7, 11) is 0. The second-order valence-electron chi connectivity index (χ2n) is 2.72. The summed E-state index contributed by atoms with van der Waals surface area (Å²) in [6, 6.07) is 0.824. The number of anilines is 1. The summed E-state index contributed by atoms with van der Waals surface area (Å²) in [6.45, 7) is 0. The molecule has 1 aromatic rings. The first-order chi connectivity index (χ1) is 7.20. The minimum absolute atomic E-state index is 0.375. The highest BCUT2D eigenvalue weighted by molar-refractivity contribution is 5.89. The molecule has 0 fully saturated rings. The molecule has 88 valence electrons. The van der Waals surface area contributed by atoms with E-state index in [1.807, 2.05) is 0 Å². The molecular weight excluding hydrogens is 234 g/mol. The molecule has 1 rings (SSSR count). The summed E-state index contributed by atoms with van der Waals surface area (Å²) in [6.07, 6.45) is -5.03. The van der Waals surface area contributed by atoms with Crippen molar-refractivity contribution in [1.82, 2.24) is 0 Å². The largest absolute Gasteiger partial charge is 0.573 e. The SMILES string of the molecule is Nc1cc(F)c(C(=O)O)cc1OC(F)(F)F. The quantitative estimate of drug-likeness (QED) is 0.611. The van der Waals surface area contributed by atoms with Crippen LogP contribution in [0.3, 0.4) is 0 Å². The highest BCUT2D eigenvalue weighted by Crippen LogP contribution is 2.30. The van der Waals surface area contributed by atoms with Crippen LogP contribution in [0.4, 0.5) is 23.2 Å². The lowest BCUT2D eigenvalue weighted by atomic mass is 10.2. The fourth-order valence-corrected chi connectivity index (χ4v) is 0.946. The van der Waals surface area contributed by atoms with Crippen LogP contribution in [0.2, 0.25) is 0 Å². The van der Waals surface area contributed by atoms with E-state index < -0.39 is 35.1 Å². The van der Waals surface area contributed by atoms with Gasteiger partial charge in [0.2, 0.25) is 0 Å². The first kappa shape index (κ1) is 12.1. The lowest BCUT2D eigenvalue weighted by Crippen LogP contribution is -2.18. The third-order valence-corrected chi connectivity index (χ3v) is 1.56. The van der Waals surface area contributed by atoms with Gasteiger partial charge in [0.1, 0.15) is 5.82 Å². The average Bonchev–Trinajstić information content (AvgIpc) is 2.07. The van der Waals surface area contributed by atoms with Crippen LogP contribution in [0.1, 0.15) is 10.4 Å². The van der Waals surface area contributed by atoms with Crippen molar-refractivity contribution >= 4 is 11.7 Å². The number of alkyl halides is 3. The maximum atomic E-state index is 12.9. The molecule has 0 bridgehead atoms. The molecule has 0 radical (unpaired) electrons. The molecule has 0 aliphatic rings. The number of halogens is 4. The number of nitrogens with two attached hydrogens (primary N) is 1. The Hall–Kier alpha value is -1.99. The third-order valence-electron chi connectivity index (χ3n) is 1.56. The van der Waals surface area contributed by atoms with Crippen molar-refractivity contribution in [2.45, 2.75) is 6.36 Å². The number of carboxylic acids is 1. The highest BCUT2D eigenvalue weighted by atomic mass is 19.4. The van der Waals surface area contributed by atoms with Crippen LogP contribution in [0.15, 0.2) is 12.1 Å². The van der Waals surface area contributed by atoms with Crippen molar-refractivity contribution in [3.05, 3.63) is 23.5 Å². The summed E-state index contributed by atoms with van der Waals surface area (Å²) in [4.78, 5) is 10.4. The molecule has 0 atom stereocenters. The minimum atomic E-state index is -5.03. The number of aromatic carboxylic acids is 1. The standard InChI is InChI=1S/C8H5F4NO3/c9-4-2-5(13)6(16-8(10,11)12)1-3(4)7(14)15/h1-2H,13H2,(H,14,15). The number of hydrogen-bond acceptors (Lipinski definition) is 3. The van der Waals surface area contributed by atoms with E-state index in [1.54, 1.807) is 0 Å². The van der Waals surface area contributed by atoms with Gasteiger partial charge in [-0.15, -0.1) is 13.2 Å². The number of rotatable bonds is 2. The van der Waals surface area contributed by atoms with E-state index in [1.165, 1.54) is 0 Å². The molecule has 0 aromatic heterocycles. The molecule has 0 spiro atoms. The normalized spacial score (nSPS) is 11.2. The van der Waals surface area contributed by atoms with Crippen LogP contribution in [-0.4, -0.2) is 17.4 Å². The number of carbonyl (C=O) groups is 1. The van der Waals surface area contributed by atoms with Gasteiger partial charge in [-0.2, -0.15) is 0 Å². The zero-order valence-electron chi connectivity index (χ0n) is 7.51. The Morgan fingerprint density at radius 3 is 2.38 bits per heavy atom. The maximum absolute atomic E-state index is 12.9. The molecule has 0 heterocycles. The monoisotopic (exact) mass is 239 g/mol. The highest BCUT2D eigenvalue weighted by Gasteiger charge is 2.32. The van der Waals surface area contributed by atoms with Gasteiger partial charge in [-0.25, -0.2) is 9.18 Å². The number of ether oxygens (including phenoxy) is 1. The van der Waals surface area contributed by atoms with Gasteiger partial charge < -0.3 is 15.6 Å². The van der Waals surface area contributed by atoms with Crippen LogP contribution in [-0.2, 0) is 0 Å². The predicted molar refractivity (Wildman–Crippen MR) is 44.5 cm³/mol. The Bertz CT molecular complexity index is 430. The second-order valence-corrected chi connectivity index (χ2v) is 2.72. The van der Waals surface area contributed by atoms with Crippen molar-refractivity contribution in [3.8, 4) is 5.75 Å². The lowest BCUT2D eigenvalue weighted by molar-refractivity contribution is -0.274. The second kappa shape index (κ2) is 3.87. The van der Waals surface area contributed by atoms with Crippen LogP contribution < -0.4 is 10.5 Å². The van der Waals surface area contributed by atoms with E-state index in [4.69, 9.17) is 10.8 Å². The molecule has 8 heteroatoms. The van der Waals surface area contributed by atoms with Crippen molar-refractivity contribution in [2.75, 3.05) is 5.73 Å². The summed E-state index contributed by atoms with van der Waals surface area (Å²) >= 11 is 0. The Kier molecular flexibility index (Phi) is 2.92. The first-order valence-electron chi connectivity index (χ1n) is 3.79. The van der Waals surface area contributed by atoms with Crippen LogP contribution >= 0.6 is 0 Å². The molecule has 0 unspecified atom stereocenters. The zero-order valence-corrected chi connectivity index (χ0v) is 7.51. The minimum Gasteiger partial charge on any atom is -0.478 e. The van der Waals surface area contributed by atoms with Gasteiger partial charge in [-0.05, 0) is 0 Å². The third kappa shape index (κ3) is 2.75. The number of nitrogen functional groups attached to an aromatic ring is 1. The predicted octanol–water partition coefficient (Wildman–Crippen LogP) is 2.00. The smallest absolute Gasteiger partial charge is 0.478 e.